The predicted molar refractivity (Wildman–Crippen MR) is 55.9 cm³/mol. The Kier molecular flexibility index (Phi) is 3.57. The second kappa shape index (κ2) is 4.98. The van der Waals surface area contributed by atoms with Gasteiger partial charge in [0.15, 0.2) is 6.23 Å². The zero-order valence-electron chi connectivity index (χ0n) is 9.50. The summed E-state index contributed by atoms with van der Waals surface area (Å²) in [6, 6.07) is 0. The minimum absolute atomic E-state index is 0.0305. The number of methoxy groups -OCH3 is 1. The predicted octanol–water partition coefficient (Wildman–Crippen LogP) is -2.74. The molecule has 9 heteroatoms. The Hall–Kier alpha value is -1.55. The fourth-order valence-corrected chi connectivity index (χ4v) is 1.69. The van der Waals surface area contributed by atoms with E-state index in [1.807, 2.05) is 0 Å². The second-order valence-electron chi connectivity index (χ2n) is 3.75. The Balaban J connectivity index is 2.30. The van der Waals surface area contributed by atoms with E-state index in [2.05, 4.69) is 10.1 Å². The minimum Gasteiger partial charge on any atom is -0.480 e. The maximum atomic E-state index is 11.6. The largest absolute Gasteiger partial charge is 0.480 e. The molecule has 1 unspecified atom stereocenters. The van der Waals surface area contributed by atoms with Gasteiger partial charge in [-0.1, -0.05) is 0 Å². The molecule has 0 amide bonds. The highest BCUT2D eigenvalue weighted by Crippen LogP contribution is 2.27. The average Bonchev–Trinajstić information content (AvgIpc) is 2.66. The van der Waals surface area contributed by atoms with Crippen LogP contribution in [0.3, 0.4) is 0 Å². The SMILES string of the molecule is COc1cnn([C@@H]2O[C@H](CO)C(O)[C@@H]2O)c(=O)n1. The standard InChI is InChI=1S/C9H13N3O6/c1-17-5-2-10-12(9(16)11-5)8-7(15)6(14)4(3-13)18-8/h2,4,6-8,13-15H,3H2,1H3/t4-,6?,7+,8-/m1/s1. The van der Waals surface area contributed by atoms with Gasteiger partial charge in [-0.15, -0.1) is 0 Å². The van der Waals surface area contributed by atoms with Gasteiger partial charge in [-0.25, -0.2) is 4.79 Å². The van der Waals surface area contributed by atoms with Gasteiger partial charge in [-0.3, -0.25) is 0 Å². The molecule has 0 saturated carbocycles. The Morgan fingerprint density at radius 3 is 2.72 bits per heavy atom. The average molecular weight is 259 g/mol. The number of aliphatic hydroxyl groups excluding tert-OH is 3. The van der Waals surface area contributed by atoms with E-state index in [1.54, 1.807) is 0 Å². The minimum atomic E-state index is -1.37. The van der Waals surface area contributed by atoms with Crippen molar-refractivity contribution in [1.82, 2.24) is 14.8 Å². The lowest BCUT2D eigenvalue weighted by Gasteiger charge is -2.15. The van der Waals surface area contributed by atoms with Gasteiger partial charge >= 0.3 is 5.69 Å². The molecule has 2 rings (SSSR count). The number of hydrogen-bond acceptors (Lipinski definition) is 8. The number of aliphatic hydroxyl groups is 3. The quantitative estimate of drug-likeness (QED) is 0.533. The molecule has 0 aliphatic carbocycles. The molecular weight excluding hydrogens is 246 g/mol. The molecule has 0 bridgehead atoms. The van der Waals surface area contributed by atoms with Crippen LogP contribution in [0.5, 0.6) is 5.88 Å². The first-order chi connectivity index (χ1) is 8.58. The molecule has 100 valence electrons. The molecule has 1 aliphatic heterocycles. The summed E-state index contributed by atoms with van der Waals surface area (Å²) in [5.41, 5.74) is -0.788. The van der Waals surface area contributed by atoms with Gasteiger partial charge in [-0.05, 0) is 0 Å². The van der Waals surface area contributed by atoms with Crippen LogP contribution in [-0.4, -0.2) is 62.1 Å². The van der Waals surface area contributed by atoms with Crippen LogP contribution in [0, 0.1) is 0 Å². The lowest BCUT2D eigenvalue weighted by atomic mass is 10.1. The van der Waals surface area contributed by atoms with E-state index in [0.717, 1.165) is 4.68 Å². The molecule has 1 saturated heterocycles. The Morgan fingerprint density at radius 2 is 2.22 bits per heavy atom. The summed E-state index contributed by atoms with van der Waals surface area (Å²) in [4.78, 5) is 15.1. The molecule has 0 spiro atoms. The Morgan fingerprint density at radius 1 is 1.50 bits per heavy atom. The summed E-state index contributed by atoms with van der Waals surface area (Å²) < 4.78 is 10.7. The molecule has 0 aromatic carbocycles. The number of aromatic nitrogens is 3. The number of hydrogen-bond donors (Lipinski definition) is 3. The lowest BCUT2D eigenvalue weighted by Crippen LogP contribution is -2.37. The van der Waals surface area contributed by atoms with Crippen molar-refractivity contribution in [2.45, 2.75) is 24.5 Å². The van der Waals surface area contributed by atoms with Crippen LogP contribution in [-0.2, 0) is 4.74 Å². The monoisotopic (exact) mass is 259 g/mol. The van der Waals surface area contributed by atoms with Crippen LogP contribution >= 0.6 is 0 Å². The van der Waals surface area contributed by atoms with Crippen molar-refractivity contribution in [2.24, 2.45) is 0 Å². The van der Waals surface area contributed by atoms with Crippen molar-refractivity contribution in [3.8, 4) is 5.88 Å². The van der Waals surface area contributed by atoms with Crippen LogP contribution in [0.4, 0.5) is 0 Å². The van der Waals surface area contributed by atoms with E-state index in [4.69, 9.17) is 14.6 Å². The number of ether oxygens (including phenoxy) is 2. The third-order valence-electron chi connectivity index (χ3n) is 2.66. The second-order valence-corrected chi connectivity index (χ2v) is 3.75. The first-order valence-electron chi connectivity index (χ1n) is 5.20. The van der Waals surface area contributed by atoms with Gasteiger partial charge in [0.1, 0.15) is 24.5 Å². The topological polar surface area (TPSA) is 127 Å². The fourth-order valence-electron chi connectivity index (χ4n) is 1.69. The first-order valence-corrected chi connectivity index (χ1v) is 5.20. The lowest BCUT2D eigenvalue weighted by molar-refractivity contribution is -0.0619. The highest BCUT2D eigenvalue weighted by molar-refractivity contribution is 4.99. The summed E-state index contributed by atoms with van der Waals surface area (Å²) in [5.74, 6) is 0.0305. The third kappa shape index (κ3) is 2.08. The molecule has 4 atom stereocenters. The molecule has 1 aromatic heterocycles. The molecule has 2 heterocycles. The van der Waals surface area contributed by atoms with E-state index < -0.39 is 36.8 Å². The van der Waals surface area contributed by atoms with Crippen LogP contribution < -0.4 is 10.4 Å². The highest BCUT2D eigenvalue weighted by atomic mass is 16.6. The normalized spacial score (nSPS) is 31.6. The Bertz CT molecular complexity index is 478. The summed E-state index contributed by atoms with van der Waals surface area (Å²) in [5, 5.41) is 31.9. The summed E-state index contributed by atoms with van der Waals surface area (Å²) in [6.07, 6.45) is -3.65. The van der Waals surface area contributed by atoms with Crippen LogP contribution in [0.15, 0.2) is 11.0 Å². The molecule has 1 aliphatic rings. The van der Waals surface area contributed by atoms with Gasteiger partial charge in [-0.2, -0.15) is 14.8 Å². The van der Waals surface area contributed by atoms with Crippen LogP contribution in [0.2, 0.25) is 0 Å². The van der Waals surface area contributed by atoms with Gasteiger partial charge < -0.3 is 24.8 Å². The molecule has 0 radical (unpaired) electrons. The zero-order chi connectivity index (χ0) is 13.3. The van der Waals surface area contributed by atoms with Crippen molar-refractivity contribution in [3.63, 3.8) is 0 Å². The van der Waals surface area contributed by atoms with Gasteiger partial charge in [0.05, 0.1) is 13.7 Å². The van der Waals surface area contributed by atoms with Crippen LogP contribution in [0.1, 0.15) is 6.23 Å². The smallest absolute Gasteiger partial charge is 0.369 e. The van der Waals surface area contributed by atoms with Gasteiger partial charge in [0, 0.05) is 0 Å². The summed E-state index contributed by atoms with van der Waals surface area (Å²) >= 11 is 0. The fraction of sp³-hybridized carbons (Fsp3) is 0.667. The summed E-state index contributed by atoms with van der Waals surface area (Å²) in [7, 11) is 1.33. The third-order valence-corrected chi connectivity index (χ3v) is 2.66. The molecular formula is C9H13N3O6. The number of rotatable bonds is 3. The molecule has 1 aromatic rings. The zero-order valence-corrected chi connectivity index (χ0v) is 9.50. The molecule has 3 N–H and O–H groups in total. The van der Waals surface area contributed by atoms with E-state index in [9.17, 15) is 15.0 Å². The van der Waals surface area contributed by atoms with Crippen LogP contribution in [0.25, 0.3) is 0 Å². The van der Waals surface area contributed by atoms with Gasteiger partial charge in [0.25, 0.3) is 0 Å². The van der Waals surface area contributed by atoms with E-state index in [0.29, 0.717) is 0 Å². The van der Waals surface area contributed by atoms with Crippen molar-refractivity contribution < 1.29 is 24.8 Å². The molecule has 18 heavy (non-hydrogen) atoms. The molecule has 9 nitrogen and oxygen atoms in total. The maximum Gasteiger partial charge on any atom is 0.369 e. The highest BCUT2D eigenvalue weighted by Gasteiger charge is 2.44. The van der Waals surface area contributed by atoms with Crippen molar-refractivity contribution in [1.29, 1.82) is 0 Å². The van der Waals surface area contributed by atoms with Crippen molar-refractivity contribution in [2.75, 3.05) is 13.7 Å². The maximum absolute atomic E-state index is 11.6. The summed E-state index contributed by atoms with van der Waals surface area (Å²) in [6.45, 7) is -0.479. The number of nitrogens with zero attached hydrogens (tertiary/aromatic N) is 3. The van der Waals surface area contributed by atoms with E-state index >= 15 is 0 Å². The van der Waals surface area contributed by atoms with Crippen molar-refractivity contribution >= 4 is 0 Å². The van der Waals surface area contributed by atoms with E-state index in [1.165, 1.54) is 13.3 Å². The molecule has 1 fully saturated rings. The first kappa shape index (κ1) is 12.9. The Labute approximate surface area is 101 Å². The van der Waals surface area contributed by atoms with Crippen molar-refractivity contribution in [3.05, 3.63) is 16.7 Å². The van der Waals surface area contributed by atoms with E-state index in [-0.39, 0.29) is 5.88 Å². The van der Waals surface area contributed by atoms with Gasteiger partial charge in [0.2, 0.25) is 5.88 Å².